The number of hydrogen-bond acceptors (Lipinski definition) is 3. The molecule has 1 aromatic carbocycles. The Morgan fingerprint density at radius 1 is 1.06 bits per heavy atom. The lowest BCUT2D eigenvalue weighted by Crippen LogP contribution is -2.60. The fraction of sp³-hybridized carbons (Fsp3) is 0.381. The molecule has 0 aliphatic carbocycles. The van der Waals surface area contributed by atoms with Crippen LogP contribution in [0.5, 0.6) is 0 Å². The quantitative estimate of drug-likeness (QED) is 0.355. The van der Waals surface area contributed by atoms with Crippen molar-refractivity contribution < 1.29 is 4.79 Å². The first-order valence-corrected chi connectivity index (χ1v) is 11.9. The monoisotopic (exact) mass is 532 g/mol. The zero-order valence-electron chi connectivity index (χ0n) is 16.7. The predicted octanol–water partition coefficient (Wildman–Crippen LogP) is 3.92. The number of halogens is 4. The van der Waals surface area contributed by atoms with Gasteiger partial charge in [0.05, 0.1) is 10.6 Å². The van der Waals surface area contributed by atoms with Crippen molar-refractivity contribution in [3.05, 3.63) is 69.1 Å². The average molecular weight is 534 g/mol. The Kier molecular flexibility index (Phi) is 6.94. The highest BCUT2D eigenvalue weighted by atomic mass is 35.6. The number of benzene rings is 1. The van der Waals surface area contributed by atoms with Gasteiger partial charge in [-0.05, 0) is 42.8 Å². The molecule has 2 N–H and O–H groups in total. The van der Waals surface area contributed by atoms with E-state index in [-0.39, 0.29) is 28.0 Å². The number of aromatic nitrogens is 1. The van der Waals surface area contributed by atoms with E-state index in [0.29, 0.717) is 24.7 Å². The smallest absolute Gasteiger partial charge is 0.254 e. The largest absolute Gasteiger partial charge is 0.348 e. The van der Waals surface area contributed by atoms with Gasteiger partial charge in [0, 0.05) is 37.3 Å². The Morgan fingerprint density at radius 2 is 1.81 bits per heavy atom. The SMILES string of the molecule is O=C(N[C@H](NC(=S)N1C[C@@H]2C[C@H](C1)c1cccc(=O)n1C2)C(Cl)(Cl)Cl)c1ccccc1Cl. The number of carbonyl (C=O) groups is 1. The summed E-state index contributed by atoms with van der Waals surface area (Å²) in [6, 6.07) is 12.0. The van der Waals surface area contributed by atoms with Crippen LogP contribution in [0, 0.1) is 5.92 Å². The van der Waals surface area contributed by atoms with E-state index in [0.717, 1.165) is 12.1 Å². The Morgan fingerprint density at radius 3 is 2.53 bits per heavy atom. The van der Waals surface area contributed by atoms with E-state index in [4.69, 9.17) is 58.6 Å². The van der Waals surface area contributed by atoms with Gasteiger partial charge in [0.1, 0.15) is 6.17 Å². The van der Waals surface area contributed by atoms with E-state index in [9.17, 15) is 9.59 Å². The number of thiocarbonyl (C=S) groups is 1. The molecule has 3 heterocycles. The van der Waals surface area contributed by atoms with E-state index in [1.165, 1.54) is 0 Å². The predicted molar refractivity (Wildman–Crippen MR) is 132 cm³/mol. The fourth-order valence-corrected chi connectivity index (χ4v) is 5.15. The number of nitrogens with one attached hydrogen (secondary N) is 2. The molecule has 1 aromatic heterocycles. The number of rotatable bonds is 3. The molecule has 0 saturated carbocycles. The number of piperidine rings is 1. The third kappa shape index (κ3) is 5.02. The second-order valence-electron chi connectivity index (χ2n) is 7.98. The molecule has 1 fully saturated rings. The standard InChI is InChI=1S/C21H20Cl4N4O2S/c22-15-5-2-1-4-14(15)18(31)26-19(21(23,24)25)27-20(32)28-9-12-8-13(11-28)16-6-3-7-17(30)29(16)10-12/h1-7,12-13,19H,8-11H2,(H,26,31)(H,27,32)/t12-,13+,19+/m0/s1. The molecule has 0 radical (unpaired) electrons. The average Bonchev–Trinajstić information content (AvgIpc) is 2.73. The van der Waals surface area contributed by atoms with Crippen molar-refractivity contribution in [2.75, 3.05) is 13.1 Å². The number of hydrogen-bond donors (Lipinski definition) is 2. The zero-order valence-corrected chi connectivity index (χ0v) is 20.6. The van der Waals surface area contributed by atoms with Gasteiger partial charge in [-0.1, -0.05) is 64.6 Å². The molecule has 2 bridgehead atoms. The molecule has 170 valence electrons. The van der Waals surface area contributed by atoms with E-state index < -0.39 is 15.9 Å². The maximum atomic E-state index is 12.7. The molecule has 2 aliphatic heterocycles. The van der Waals surface area contributed by atoms with Crippen molar-refractivity contribution >= 4 is 69.6 Å². The third-order valence-corrected chi connectivity index (χ3v) is 7.12. The Labute approximate surface area is 210 Å². The number of carbonyl (C=O) groups excluding carboxylic acids is 1. The topological polar surface area (TPSA) is 66.4 Å². The van der Waals surface area contributed by atoms with Gasteiger partial charge in [0.15, 0.2) is 5.11 Å². The molecular formula is C21H20Cl4N4O2S. The van der Waals surface area contributed by atoms with Crippen LogP contribution in [-0.2, 0) is 6.54 Å². The summed E-state index contributed by atoms with van der Waals surface area (Å²) in [5, 5.41) is 6.31. The summed E-state index contributed by atoms with van der Waals surface area (Å²) in [7, 11) is 0. The lowest BCUT2D eigenvalue weighted by Gasteiger charge is -2.44. The highest BCUT2D eigenvalue weighted by molar-refractivity contribution is 7.80. The number of amides is 1. The van der Waals surface area contributed by atoms with Crippen LogP contribution in [0.15, 0.2) is 47.3 Å². The minimum Gasteiger partial charge on any atom is -0.348 e. The van der Waals surface area contributed by atoms with Gasteiger partial charge in [0.2, 0.25) is 3.79 Å². The minimum atomic E-state index is -1.87. The van der Waals surface area contributed by atoms with Crippen LogP contribution in [0.3, 0.4) is 0 Å². The fourth-order valence-electron chi connectivity index (χ4n) is 4.33. The summed E-state index contributed by atoms with van der Waals surface area (Å²) in [5.41, 5.74) is 1.28. The highest BCUT2D eigenvalue weighted by Gasteiger charge is 2.39. The Hall–Kier alpha value is -1.51. The second-order valence-corrected chi connectivity index (χ2v) is 11.1. The van der Waals surface area contributed by atoms with Gasteiger partial charge >= 0.3 is 0 Å². The van der Waals surface area contributed by atoms with Crippen molar-refractivity contribution in [3.63, 3.8) is 0 Å². The Bertz CT molecular complexity index is 1100. The summed E-state index contributed by atoms with van der Waals surface area (Å²) >= 11 is 30.1. The van der Waals surface area contributed by atoms with Crippen molar-refractivity contribution in [1.82, 2.24) is 20.1 Å². The number of pyridine rings is 1. The highest BCUT2D eigenvalue weighted by Crippen LogP contribution is 2.35. The van der Waals surface area contributed by atoms with Crippen LogP contribution < -0.4 is 16.2 Å². The van der Waals surface area contributed by atoms with E-state index in [2.05, 4.69) is 10.6 Å². The molecule has 32 heavy (non-hydrogen) atoms. The zero-order chi connectivity index (χ0) is 23.0. The van der Waals surface area contributed by atoms with Crippen LogP contribution in [-0.4, -0.2) is 43.5 Å². The van der Waals surface area contributed by atoms with Crippen LogP contribution in [0.4, 0.5) is 0 Å². The van der Waals surface area contributed by atoms with Crippen molar-refractivity contribution in [2.24, 2.45) is 5.92 Å². The van der Waals surface area contributed by atoms with Gasteiger partial charge < -0.3 is 20.1 Å². The molecule has 4 rings (SSSR count). The summed E-state index contributed by atoms with van der Waals surface area (Å²) in [6.07, 6.45) is -0.0971. The molecule has 1 saturated heterocycles. The molecule has 11 heteroatoms. The van der Waals surface area contributed by atoms with E-state index >= 15 is 0 Å². The number of fused-ring (bicyclic) bond motifs is 4. The van der Waals surface area contributed by atoms with Crippen LogP contribution in [0.1, 0.15) is 28.4 Å². The Balaban J connectivity index is 1.48. The minimum absolute atomic E-state index is 0.0184. The first-order valence-electron chi connectivity index (χ1n) is 10.0. The summed E-state index contributed by atoms with van der Waals surface area (Å²) < 4.78 is -0.0207. The van der Waals surface area contributed by atoms with Crippen molar-refractivity contribution in [2.45, 2.75) is 28.8 Å². The number of nitrogens with zero attached hydrogens (tertiary/aromatic N) is 2. The van der Waals surface area contributed by atoms with E-state index in [1.54, 1.807) is 36.4 Å². The number of likely N-dealkylation sites (tertiary alicyclic amines) is 1. The lowest BCUT2D eigenvalue weighted by atomic mass is 9.83. The number of alkyl halides is 3. The first kappa shape index (κ1) is 23.6. The van der Waals surface area contributed by atoms with Gasteiger partial charge in [-0.2, -0.15) is 0 Å². The summed E-state index contributed by atoms with van der Waals surface area (Å²) in [4.78, 5) is 26.9. The molecule has 6 nitrogen and oxygen atoms in total. The maximum absolute atomic E-state index is 12.7. The third-order valence-electron chi connectivity index (χ3n) is 5.76. The first-order chi connectivity index (χ1) is 15.1. The van der Waals surface area contributed by atoms with Gasteiger partial charge in [-0.3, -0.25) is 9.59 Å². The van der Waals surface area contributed by atoms with Crippen LogP contribution in [0.25, 0.3) is 0 Å². The normalized spacial score (nSPS) is 20.8. The van der Waals surface area contributed by atoms with Crippen molar-refractivity contribution in [1.29, 1.82) is 0 Å². The molecule has 0 spiro atoms. The molecule has 2 aliphatic rings. The summed E-state index contributed by atoms with van der Waals surface area (Å²) in [6.45, 7) is 1.92. The lowest BCUT2D eigenvalue weighted by molar-refractivity contribution is 0.0933. The van der Waals surface area contributed by atoms with E-state index in [1.807, 2.05) is 15.5 Å². The van der Waals surface area contributed by atoms with Crippen LogP contribution >= 0.6 is 58.6 Å². The molecular weight excluding hydrogens is 514 g/mol. The molecule has 3 atom stereocenters. The van der Waals surface area contributed by atoms with Gasteiger partial charge in [0.25, 0.3) is 11.5 Å². The molecule has 1 amide bonds. The molecule has 0 unspecified atom stereocenters. The maximum Gasteiger partial charge on any atom is 0.254 e. The summed E-state index contributed by atoms with van der Waals surface area (Å²) in [5.74, 6) is -0.0591. The van der Waals surface area contributed by atoms with Gasteiger partial charge in [-0.15, -0.1) is 0 Å². The second kappa shape index (κ2) is 9.39. The van der Waals surface area contributed by atoms with Crippen LogP contribution in [0.2, 0.25) is 5.02 Å². The van der Waals surface area contributed by atoms with Gasteiger partial charge in [-0.25, -0.2) is 0 Å². The molecule has 2 aromatic rings. The van der Waals surface area contributed by atoms with Crippen molar-refractivity contribution in [3.8, 4) is 0 Å².